The first-order valence-corrected chi connectivity index (χ1v) is 10.4. The lowest BCUT2D eigenvalue weighted by Gasteiger charge is -2.48. The molecule has 0 unspecified atom stereocenters. The molecular formula is C21H37N3O6. The summed E-state index contributed by atoms with van der Waals surface area (Å²) < 4.78 is 0. The van der Waals surface area contributed by atoms with Gasteiger partial charge in [-0.1, -0.05) is 24.2 Å². The van der Waals surface area contributed by atoms with Gasteiger partial charge in [-0.15, -0.1) is 0 Å². The predicted octanol–water partition coefficient (Wildman–Crippen LogP) is 1.56. The molecule has 0 bridgehead atoms. The van der Waals surface area contributed by atoms with Crippen molar-refractivity contribution in [1.29, 1.82) is 0 Å². The third-order valence-corrected chi connectivity index (χ3v) is 6.24. The maximum atomic E-state index is 11.3. The topological polar surface area (TPSA) is 146 Å². The quantitative estimate of drug-likeness (QED) is 0.150. The number of allylic oxidation sites excluding steroid dienone is 1. The third-order valence-electron chi connectivity index (χ3n) is 6.24. The lowest BCUT2D eigenvalue weighted by atomic mass is 9.60. The third kappa shape index (κ3) is 7.37. The van der Waals surface area contributed by atoms with Gasteiger partial charge in [0.05, 0.1) is 5.60 Å². The summed E-state index contributed by atoms with van der Waals surface area (Å²) >= 11 is 0. The zero-order valence-corrected chi connectivity index (χ0v) is 18.3. The molecule has 0 aromatic heterocycles. The highest BCUT2D eigenvalue weighted by Gasteiger charge is 2.58. The van der Waals surface area contributed by atoms with Gasteiger partial charge in [0.1, 0.15) is 6.61 Å². The smallest absolute Gasteiger partial charge is 0.414 e. The first kappa shape index (κ1) is 26.1. The Bertz CT molecular complexity index is 612. The number of nitrogens with two attached hydrogens (primary N) is 1. The molecule has 2 aliphatic carbocycles. The van der Waals surface area contributed by atoms with Crippen molar-refractivity contribution in [3.63, 3.8) is 0 Å². The van der Waals surface area contributed by atoms with Crippen LogP contribution in [0.3, 0.4) is 0 Å². The molecule has 9 nitrogen and oxygen atoms in total. The van der Waals surface area contributed by atoms with E-state index in [2.05, 4.69) is 43.2 Å². The van der Waals surface area contributed by atoms with Gasteiger partial charge >= 0.3 is 11.9 Å². The van der Waals surface area contributed by atoms with Crippen LogP contribution in [-0.4, -0.2) is 77.8 Å². The summed E-state index contributed by atoms with van der Waals surface area (Å²) in [6.45, 7) is 4.23. The van der Waals surface area contributed by atoms with Crippen LogP contribution in [0.1, 0.15) is 45.4 Å². The van der Waals surface area contributed by atoms with E-state index >= 15 is 0 Å². The Morgan fingerprint density at radius 3 is 2.47 bits per heavy atom. The fourth-order valence-corrected chi connectivity index (χ4v) is 4.36. The number of hydrogen-bond acceptors (Lipinski definition) is 7. The Morgan fingerprint density at radius 1 is 1.23 bits per heavy atom. The molecule has 5 N–H and O–H groups in total. The highest BCUT2D eigenvalue weighted by Crippen LogP contribution is 2.58. The summed E-state index contributed by atoms with van der Waals surface area (Å²) in [6, 6.07) is 0. The average molecular weight is 428 g/mol. The monoisotopic (exact) mass is 427 g/mol. The number of carboxylic acid groups (broad SMARTS) is 2. The van der Waals surface area contributed by atoms with Gasteiger partial charge in [0.25, 0.3) is 0 Å². The average Bonchev–Trinajstić information content (AvgIpc) is 2.93. The second-order valence-corrected chi connectivity index (χ2v) is 8.60. The van der Waals surface area contributed by atoms with Crippen molar-refractivity contribution in [2.24, 2.45) is 28.1 Å². The maximum absolute atomic E-state index is 11.3. The fourth-order valence-electron chi connectivity index (χ4n) is 4.36. The number of hydrogen-bond donors (Lipinski definition) is 4. The van der Waals surface area contributed by atoms with E-state index < -0.39 is 17.5 Å². The van der Waals surface area contributed by atoms with Gasteiger partial charge < -0.3 is 30.8 Å². The number of aliphatic carboxylic acids is 2. The van der Waals surface area contributed by atoms with Crippen LogP contribution in [0.5, 0.6) is 0 Å². The molecule has 2 saturated carbocycles. The van der Waals surface area contributed by atoms with E-state index in [0.717, 1.165) is 45.1 Å². The van der Waals surface area contributed by atoms with Crippen molar-refractivity contribution < 1.29 is 29.7 Å². The zero-order valence-electron chi connectivity index (χ0n) is 18.3. The minimum atomic E-state index is -1.82. The number of fused-ring (bicyclic) bond motifs is 1. The Kier molecular flexibility index (Phi) is 10.4. The number of nitrogens with zero attached hydrogens (tertiary/aromatic N) is 2. The zero-order chi connectivity index (χ0) is 22.8. The number of oxime groups is 1. The van der Waals surface area contributed by atoms with Crippen molar-refractivity contribution in [2.75, 3.05) is 33.8 Å². The van der Waals surface area contributed by atoms with Gasteiger partial charge in [-0.2, -0.15) is 0 Å². The maximum Gasteiger partial charge on any atom is 0.414 e. The summed E-state index contributed by atoms with van der Waals surface area (Å²) in [5, 5.41) is 30.1. The molecule has 0 aromatic rings. The minimum Gasteiger partial charge on any atom is -0.473 e. The van der Waals surface area contributed by atoms with Crippen molar-refractivity contribution in [2.45, 2.75) is 51.0 Å². The largest absolute Gasteiger partial charge is 0.473 e. The molecule has 0 heterocycles. The SMILES string of the molecule is CN(C)CC/C=C/[C@H]1CC[C@]2(C)[C@@H](/C=N/OCCN)CC[C@]2(O)C1.O=C(O)C(=O)O. The van der Waals surface area contributed by atoms with Crippen molar-refractivity contribution >= 4 is 18.2 Å². The Labute approximate surface area is 178 Å². The second kappa shape index (κ2) is 12.0. The van der Waals surface area contributed by atoms with Crippen LogP contribution in [0.4, 0.5) is 0 Å². The molecule has 0 spiro atoms. The molecule has 4 atom stereocenters. The van der Waals surface area contributed by atoms with Gasteiger partial charge in [0.2, 0.25) is 0 Å². The predicted molar refractivity (Wildman–Crippen MR) is 114 cm³/mol. The van der Waals surface area contributed by atoms with Crippen LogP contribution in [-0.2, 0) is 14.4 Å². The molecule has 0 amide bonds. The highest BCUT2D eigenvalue weighted by molar-refractivity contribution is 6.27. The first-order valence-electron chi connectivity index (χ1n) is 10.4. The van der Waals surface area contributed by atoms with Gasteiger partial charge in [-0.3, -0.25) is 0 Å². The van der Waals surface area contributed by atoms with E-state index in [0.29, 0.717) is 25.0 Å². The van der Waals surface area contributed by atoms with Gasteiger partial charge in [-0.05, 0) is 58.5 Å². The van der Waals surface area contributed by atoms with Crippen LogP contribution in [0, 0.1) is 17.3 Å². The minimum absolute atomic E-state index is 0.0868. The number of aliphatic hydroxyl groups is 1. The Morgan fingerprint density at radius 2 is 1.90 bits per heavy atom. The van der Waals surface area contributed by atoms with Crippen LogP contribution in [0.2, 0.25) is 0 Å². The van der Waals surface area contributed by atoms with Crippen LogP contribution < -0.4 is 5.73 Å². The van der Waals surface area contributed by atoms with Crippen molar-refractivity contribution in [3.05, 3.63) is 12.2 Å². The number of carboxylic acids is 2. The molecule has 2 aliphatic rings. The van der Waals surface area contributed by atoms with Crippen LogP contribution in [0.25, 0.3) is 0 Å². The summed E-state index contributed by atoms with van der Waals surface area (Å²) in [4.78, 5) is 25.6. The van der Waals surface area contributed by atoms with Gasteiger partial charge in [-0.25, -0.2) is 9.59 Å². The van der Waals surface area contributed by atoms with Crippen molar-refractivity contribution in [1.82, 2.24) is 4.90 Å². The van der Waals surface area contributed by atoms with E-state index in [1.165, 1.54) is 0 Å². The summed E-state index contributed by atoms with van der Waals surface area (Å²) in [6.07, 6.45) is 12.5. The number of rotatable bonds is 8. The molecule has 0 aliphatic heterocycles. The van der Waals surface area contributed by atoms with Gasteiger partial charge in [0.15, 0.2) is 0 Å². The molecule has 0 radical (unpaired) electrons. The van der Waals surface area contributed by atoms with E-state index in [9.17, 15) is 5.11 Å². The van der Waals surface area contributed by atoms with E-state index in [1.54, 1.807) is 0 Å². The van der Waals surface area contributed by atoms with E-state index in [1.807, 2.05) is 6.21 Å². The van der Waals surface area contributed by atoms with Crippen molar-refractivity contribution in [3.8, 4) is 0 Å². The highest BCUT2D eigenvalue weighted by atomic mass is 16.6. The molecule has 9 heteroatoms. The first-order chi connectivity index (χ1) is 14.1. The molecule has 2 fully saturated rings. The molecule has 30 heavy (non-hydrogen) atoms. The van der Waals surface area contributed by atoms with E-state index in [4.69, 9.17) is 30.4 Å². The number of carbonyl (C=O) groups is 2. The summed E-state index contributed by atoms with van der Waals surface area (Å²) in [5.41, 5.74) is 4.75. The molecule has 0 saturated heterocycles. The normalized spacial score (nSPS) is 30.9. The summed E-state index contributed by atoms with van der Waals surface area (Å²) in [5.74, 6) is -2.86. The standard InChI is InChI=1S/C19H35N3O2.C2H2O4/c1-18-9-7-16(6-4-5-12-22(2)3)14-19(18,23)10-8-17(18)15-21-24-13-11-20;3-1(4)2(5)6/h4,6,15-17,23H,5,7-14,20H2,1-3H3;(H,3,4)(H,5,6)/b6-4+,21-15+;/t16-,17+,18+,19-;/m0./s1. The van der Waals surface area contributed by atoms with Crippen LogP contribution in [0.15, 0.2) is 17.3 Å². The molecule has 0 aromatic carbocycles. The second-order valence-electron chi connectivity index (χ2n) is 8.60. The Balaban J connectivity index is 0.000000656. The molecular weight excluding hydrogens is 390 g/mol. The van der Waals surface area contributed by atoms with Gasteiger partial charge in [0, 0.05) is 30.6 Å². The fraction of sp³-hybridized carbons (Fsp3) is 0.762. The molecule has 2 rings (SSSR count). The van der Waals surface area contributed by atoms with Crippen LogP contribution >= 0.6 is 0 Å². The summed E-state index contributed by atoms with van der Waals surface area (Å²) in [7, 11) is 4.19. The molecule has 172 valence electrons. The lowest BCUT2D eigenvalue weighted by Crippen LogP contribution is -2.49. The lowest BCUT2D eigenvalue weighted by molar-refractivity contribution is -0.159. The van der Waals surface area contributed by atoms with E-state index in [-0.39, 0.29) is 5.41 Å². The Hall–Kier alpha value is -1.97.